The van der Waals surface area contributed by atoms with E-state index in [2.05, 4.69) is 25.7 Å². The highest BCUT2D eigenvalue weighted by molar-refractivity contribution is 5.99. The number of fused-ring (bicyclic) bond motifs is 2. The van der Waals surface area contributed by atoms with Gasteiger partial charge in [-0.25, -0.2) is 14.5 Å². The second-order valence-electron chi connectivity index (χ2n) is 8.14. The molecule has 10 nitrogen and oxygen atoms in total. The number of benzene rings is 1. The number of hydrogen-bond donors (Lipinski definition) is 2. The van der Waals surface area contributed by atoms with E-state index < -0.39 is 0 Å². The van der Waals surface area contributed by atoms with Crippen LogP contribution in [0.3, 0.4) is 0 Å². The SMILES string of the molecule is O=C1NCc2cc(-c3ccc(Nc4ccc(C(=O)N5CCOCC5)nc4)c4ncnn34)ccc21. The van der Waals surface area contributed by atoms with Gasteiger partial charge in [0.1, 0.15) is 12.0 Å². The second kappa shape index (κ2) is 8.23. The van der Waals surface area contributed by atoms with Gasteiger partial charge in [-0.05, 0) is 42.0 Å². The number of morpholine rings is 1. The molecule has 2 aliphatic heterocycles. The minimum Gasteiger partial charge on any atom is -0.378 e. The zero-order valence-electron chi connectivity index (χ0n) is 18.2. The van der Waals surface area contributed by atoms with E-state index in [9.17, 15) is 9.59 Å². The Morgan fingerprint density at radius 3 is 2.76 bits per heavy atom. The van der Waals surface area contributed by atoms with Gasteiger partial charge in [-0.2, -0.15) is 5.10 Å². The van der Waals surface area contributed by atoms with Crippen LogP contribution in [0.2, 0.25) is 0 Å². The van der Waals surface area contributed by atoms with E-state index in [1.165, 1.54) is 6.33 Å². The summed E-state index contributed by atoms with van der Waals surface area (Å²) in [6.45, 7) is 2.79. The van der Waals surface area contributed by atoms with Gasteiger partial charge in [0.05, 0.1) is 36.5 Å². The zero-order chi connectivity index (χ0) is 23.1. The van der Waals surface area contributed by atoms with Gasteiger partial charge >= 0.3 is 0 Å². The Kier molecular flexibility index (Phi) is 4.92. The highest BCUT2D eigenvalue weighted by Gasteiger charge is 2.21. The Balaban J connectivity index is 1.26. The molecule has 5 heterocycles. The molecular weight excluding hydrogens is 434 g/mol. The lowest BCUT2D eigenvalue weighted by molar-refractivity contribution is 0.0299. The number of rotatable bonds is 4. The van der Waals surface area contributed by atoms with Crippen molar-refractivity contribution in [3.63, 3.8) is 0 Å². The normalized spacial score (nSPS) is 15.3. The first kappa shape index (κ1) is 20.3. The number of carbonyl (C=O) groups is 2. The first-order valence-electron chi connectivity index (χ1n) is 11.0. The summed E-state index contributed by atoms with van der Waals surface area (Å²) in [4.78, 5) is 35.0. The lowest BCUT2D eigenvalue weighted by Gasteiger charge is -2.26. The van der Waals surface area contributed by atoms with Gasteiger partial charge in [0.15, 0.2) is 5.65 Å². The highest BCUT2D eigenvalue weighted by atomic mass is 16.5. The zero-order valence-corrected chi connectivity index (χ0v) is 18.2. The van der Waals surface area contributed by atoms with Crippen LogP contribution < -0.4 is 10.6 Å². The molecule has 1 aromatic carbocycles. The fourth-order valence-corrected chi connectivity index (χ4v) is 4.29. The minimum atomic E-state index is -0.0923. The second-order valence-corrected chi connectivity index (χ2v) is 8.14. The number of carbonyl (C=O) groups excluding carboxylic acids is 2. The molecular formula is C24H21N7O3. The van der Waals surface area contributed by atoms with Crippen molar-refractivity contribution in [3.05, 3.63) is 71.8 Å². The highest BCUT2D eigenvalue weighted by Crippen LogP contribution is 2.29. The number of amides is 2. The third-order valence-electron chi connectivity index (χ3n) is 6.07. The van der Waals surface area contributed by atoms with E-state index in [0.717, 1.165) is 28.2 Å². The quantitative estimate of drug-likeness (QED) is 0.485. The molecule has 10 heteroatoms. The Morgan fingerprint density at radius 1 is 1.06 bits per heavy atom. The maximum atomic E-state index is 12.6. The maximum absolute atomic E-state index is 12.6. The molecule has 3 aromatic heterocycles. The van der Waals surface area contributed by atoms with Gasteiger partial charge in [0.2, 0.25) is 0 Å². The summed E-state index contributed by atoms with van der Waals surface area (Å²) in [6, 6.07) is 13.2. The molecule has 0 saturated carbocycles. The number of pyridine rings is 2. The summed E-state index contributed by atoms with van der Waals surface area (Å²) in [7, 11) is 0. The van der Waals surface area contributed by atoms with Gasteiger partial charge in [-0.1, -0.05) is 6.07 Å². The standard InChI is InChI=1S/C24H21N7O3/c32-23-18-3-1-15(11-16(18)12-26-23)21-6-5-19(22-27-14-28-31(21)22)29-17-2-4-20(25-13-17)24(33)30-7-9-34-10-8-30/h1-6,11,13-14,29H,7-10,12H2,(H,26,32). The third kappa shape index (κ3) is 3.54. The van der Waals surface area contributed by atoms with Gasteiger partial charge in [-0.3, -0.25) is 9.59 Å². The van der Waals surface area contributed by atoms with Gasteiger partial charge in [0.25, 0.3) is 11.8 Å². The molecule has 0 bridgehead atoms. The van der Waals surface area contributed by atoms with Crippen molar-refractivity contribution in [1.82, 2.24) is 29.8 Å². The smallest absolute Gasteiger partial charge is 0.272 e. The molecule has 34 heavy (non-hydrogen) atoms. The molecule has 0 radical (unpaired) electrons. The monoisotopic (exact) mass is 455 g/mol. The van der Waals surface area contributed by atoms with Gasteiger partial charge in [-0.15, -0.1) is 0 Å². The van der Waals surface area contributed by atoms with E-state index in [-0.39, 0.29) is 11.8 Å². The molecule has 1 saturated heterocycles. The number of ether oxygens (including phenoxy) is 1. The summed E-state index contributed by atoms with van der Waals surface area (Å²) in [5, 5.41) is 10.6. The molecule has 0 unspecified atom stereocenters. The predicted octanol–water partition coefficient (Wildman–Crippen LogP) is 2.25. The Labute approximate surface area is 194 Å². The fourth-order valence-electron chi connectivity index (χ4n) is 4.29. The van der Waals surface area contributed by atoms with Crippen LogP contribution in [0, 0.1) is 0 Å². The first-order chi connectivity index (χ1) is 16.7. The summed E-state index contributed by atoms with van der Waals surface area (Å²) in [5.74, 6) is -0.136. The maximum Gasteiger partial charge on any atom is 0.272 e. The average molecular weight is 455 g/mol. The first-order valence-corrected chi connectivity index (χ1v) is 11.0. The van der Waals surface area contributed by atoms with Crippen molar-refractivity contribution in [2.75, 3.05) is 31.6 Å². The van der Waals surface area contributed by atoms with Crippen LogP contribution in [0.15, 0.2) is 55.0 Å². The molecule has 0 aliphatic carbocycles. The summed E-state index contributed by atoms with van der Waals surface area (Å²) < 4.78 is 7.07. The van der Waals surface area contributed by atoms with Crippen molar-refractivity contribution in [1.29, 1.82) is 0 Å². The molecule has 0 atom stereocenters. The van der Waals surface area contributed by atoms with Crippen LogP contribution in [0.5, 0.6) is 0 Å². The van der Waals surface area contributed by atoms with Crippen LogP contribution in [0.1, 0.15) is 26.4 Å². The largest absolute Gasteiger partial charge is 0.378 e. The van der Waals surface area contributed by atoms with E-state index in [4.69, 9.17) is 4.74 Å². The van der Waals surface area contributed by atoms with E-state index >= 15 is 0 Å². The minimum absolute atomic E-state index is 0.0433. The number of hydrogen-bond acceptors (Lipinski definition) is 7. The number of aromatic nitrogens is 4. The Morgan fingerprint density at radius 2 is 1.94 bits per heavy atom. The van der Waals surface area contributed by atoms with Crippen LogP contribution >= 0.6 is 0 Å². The molecule has 6 rings (SSSR count). The number of anilines is 2. The molecule has 170 valence electrons. The summed E-state index contributed by atoms with van der Waals surface area (Å²) in [5.41, 5.74) is 6.04. The molecule has 2 aliphatic rings. The topological polar surface area (TPSA) is 114 Å². The lowest BCUT2D eigenvalue weighted by Crippen LogP contribution is -2.41. The summed E-state index contributed by atoms with van der Waals surface area (Å²) >= 11 is 0. The molecule has 4 aromatic rings. The lowest BCUT2D eigenvalue weighted by atomic mass is 10.0. The molecule has 2 amide bonds. The van der Waals surface area contributed by atoms with Crippen LogP contribution in [0.4, 0.5) is 11.4 Å². The average Bonchev–Trinajstić information content (AvgIpc) is 3.52. The molecule has 1 fully saturated rings. The summed E-state index contributed by atoms with van der Waals surface area (Å²) in [6.07, 6.45) is 3.14. The number of nitrogens with zero attached hydrogens (tertiary/aromatic N) is 5. The van der Waals surface area contributed by atoms with Crippen LogP contribution in [0.25, 0.3) is 16.9 Å². The van der Waals surface area contributed by atoms with Crippen LogP contribution in [-0.4, -0.2) is 62.6 Å². The van der Waals surface area contributed by atoms with Crippen LogP contribution in [-0.2, 0) is 11.3 Å². The van der Waals surface area contributed by atoms with Gasteiger partial charge < -0.3 is 20.3 Å². The predicted molar refractivity (Wildman–Crippen MR) is 124 cm³/mol. The van der Waals surface area contributed by atoms with E-state index in [1.54, 1.807) is 21.7 Å². The Bertz CT molecular complexity index is 1410. The van der Waals surface area contributed by atoms with E-state index in [0.29, 0.717) is 49.8 Å². The van der Waals surface area contributed by atoms with Crippen molar-refractivity contribution in [2.24, 2.45) is 0 Å². The van der Waals surface area contributed by atoms with Gasteiger partial charge in [0, 0.05) is 30.8 Å². The van der Waals surface area contributed by atoms with Crippen molar-refractivity contribution < 1.29 is 14.3 Å². The fraction of sp³-hybridized carbons (Fsp3) is 0.208. The van der Waals surface area contributed by atoms with Crippen molar-refractivity contribution in [3.8, 4) is 11.3 Å². The van der Waals surface area contributed by atoms with Crippen molar-refractivity contribution >= 4 is 28.8 Å². The Hall–Kier alpha value is -4.31. The van der Waals surface area contributed by atoms with Crippen molar-refractivity contribution in [2.45, 2.75) is 6.54 Å². The van der Waals surface area contributed by atoms with E-state index in [1.807, 2.05) is 36.4 Å². The number of nitrogens with one attached hydrogen (secondary N) is 2. The molecule has 2 N–H and O–H groups in total. The third-order valence-corrected chi connectivity index (χ3v) is 6.07. The molecule has 0 spiro atoms.